The summed E-state index contributed by atoms with van der Waals surface area (Å²) in [5.74, 6) is 0. The first kappa shape index (κ1) is 10.7. The number of aliphatic hydroxyl groups excluding tert-OH is 1. The lowest BCUT2D eigenvalue weighted by atomic mass is 10.2. The van der Waals surface area contributed by atoms with Gasteiger partial charge in [0.05, 0.1) is 9.80 Å². The second-order valence-corrected chi connectivity index (χ2v) is 5.68. The monoisotopic (exact) mass is 244 g/mol. The van der Waals surface area contributed by atoms with E-state index >= 15 is 0 Å². The summed E-state index contributed by atoms with van der Waals surface area (Å²) in [5, 5.41) is 9.16. The number of aliphatic hydroxyl groups is 1. The molecule has 1 aromatic rings. The first-order valence-electron chi connectivity index (χ1n) is 4.42. The van der Waals surface area contributed by atoms with Crippen molar-refractivity contribution in [2.75, 3.05) is 6.61 Å². The van der Waals surface area contributed by atoms with E-state index in [0.717, 1.165) is 0 Å². The molecule has 0 unspecified atom stereocenters. The Morgan fingerprint density at radius 1 is 1.33 bits per heavy atom. The number of fused-ring (bicyclic) bond motifs is 1. The third-order valence-electron chi connectivity index (χ3n) is 2.28. The molecule has 0 atom stereocenters. The van der Waals surface area contributed by atoms with Crippen molar-refractivity contribution in [1.29, 1.82) is 0 Å². The van der Waals surface area contributed by atoms with Crippen molar-refractivity contribution in [2.24, 2.45) is 0 Å². The van der Waals surface area contributed by atoms with Crippen molar-refractivity contribution in [3.8, 4) is 0 Å². The molecule has 1 aliphatic rings. The van der Waals surface area contributed by atoms with Crippen molar-refractivity contribution < 1.29 is 13.5 Å². The Morgan fingerprint density at radius 3 is 2.73 bits per heavy atom. The summed E-state index contributed by atoms with van der Waals surface area (Å²) < 4.78 is 23.8. The van der Waals surface area contributed by atoms with Crippen molar-refractivity contribution in [3.63, 3.8) is 0 Å². The minimum atomic E-state index is -3.41. The van der Waals surface area contributed by atoms with Crippen molar-refractivity contribution in [3.05, 3.63) is 33.7 Å². The van der Waals surface area contributed by atoms with Gasteiger partial charge in [0.2, 0.25) is 9.84 Å². The average Bonchev–Trinajstić information content (AvgIpc) is 2.41. The predicted molar refractivity (Wildman–Crippen MR) is 58.3 cm³/mol. The van der Waals surface area contributed by atoms with Crippen molar-refractivity contribution >= 4 is 27.5 Å². The predicted octanol–water partition coefficient (Wildman–Crippen LogP) is 1.85. The van der Waals surface area contributed by atoms with Crippen molar-refractivity contribution in [2.45, 2.75) is 11.3 Å². The fourth-order valence-corrected chi connectivity index (χ4v) is 3.45. The molecular weight excluding hydrogens is 236 g/mol. The number of hydrogen-bond acceptors (Lipinski definition) is 3. The van der Waals surface area contributed by atoms with Gasteiger partial charge in [0, 0.05) is 18.1 Å². The molecule has 15 heavy (non-hydrogen) atoms. The van der Waals surface area contributed by atoms with Gasteiger partial charge in [0.1, 0.15) is 0 Å². The number of hydrogen-bond donors (Lipinski definition) is 1. The lowest BCUT2D eigenvalue weighted by Gasteiger charge is -2.01. The van der Waals surface area contributed by atoms with E-state index in [4.69, 9.17) is 16.7 Å². The van der Waals surface area contributed by atoms with Gasteiger partial charge in [-0.3, -0.25) is 0 Å². The van der Waals surface area contributed by atoms with E-state index in [0.29, 0.717) is 10.6 Å². The highest BCUT2D eigenvalue weighted by molar-refractivity contribution is 7.95. The van der Waals surface area contributed by atoms with Gasteiger partial charge >= 0.3 is 0 Å². The minimum Gasteiger partial charge on any atom is -0.396 e. The second kappa shape index (κ2) is 3.63. The fourth-order valence-electron chi connectivity index (χ4n) is 1.57. The summed E-state index contributed by atoms with van der Waals surface area (Å²) in [6.07, 6.45) is 1.73. The summed E-state index contributed by atoms with van der Waals surface area (Å²) in [6, 6.07) is 4.75. The van der Waals surface area contributed by atoms with E-state index in [1.165, 1.54) is 6.07 Å². The molecule has 1 N–H and O–H groups in total. The van der Waals surface area contributed by atoms with E-state index in [2.05, 4.69) is 0 Å². The molecule has 0 saturated heterocycles. The van der Waals surface area contributed by atoms with Crippen LogP contribution < -0.4 is 0 Å². The second-order valence-electron chi connectivity index (χ2n) is 3.27. The Balaban J connectivity index is 2.58. The van der Waals surface area contributed by atoms with E-state index < -0.39 is 9.84 Å². The summed E-state index contributed by atoms with van der Waals surface area (Å²) in [4.78, 5) is 0.487. The number of benzene rings is 1. The van der Waals surface area contributed by atoms with E-state index in [1.54, 1.807) is 18.2 Å². The molecule has 0 spiro atoms. The summed E-state index contributed by atoms with van der Waals surface area (Å²) in [6.45, 7) is -0.174. The van der Waals surface area contributed by atoms with Gasteiger partial charge in [0.25, 0.3) is 0 Å². The van der Waals surface area contributed by atoms with Crippen LogP contribution in [0.25, 0.3) is 6.08 Å². The van der Waals surface area contributed by atoms with Gasteiger partial charge in [-0.05, 0) is 23.8 Å². The third kappa shape index (κ3) is 1.69. The molecule has 1 aliphatic heterocycles. The molecule has 2 rings (SSSR count). The highest BCUT2D eigenvalue weighted by Gasteiger charge is 2.28. The molecule has 3 nitrogen and oxygen atoms in total. The van der Waals surface area contributed by atoms with Gasteiger partial charge in [-0.2, -0.15) is 0 Å². The molecule has 0 aromatic heterocycles. The van der Waals surface area contributed by atoms with Gasteiger partial charge in [0.15, 0.2) is 0 Å². The zero-order valence-corrected chi connectivity index (χ0v) is 9.35. The Hall–Kier alpha value is -0.840. The van der Waals surface area contributed by atoms with Gasteiger partial charge in [-0.15, -0.1) is 0 Å². The van der Waals surface area contributed by atoms with Crippen LogP contribution in [-0.4, -0.2) is 20.1 Å². The minimum absolute atomic E-state index is 0.147. The standard InChI is InChI=1S/C10H9ClO3S/c11-8-2-1-7-5-9(3-4-12)15(13,14)10(7)6-8/h1-2,5-6,12H,3-4H2. The van der Waals surface area contributed by atoms with E-state index in [9.17, 15) is 8.42 Å². The largest absolute Gasteiger partial charge is 0.396 e. The smallest absolute Gasteiger partial charge is 0.203 e. The zero-order chi connectivity index (χ0) is 11.1. The maximum absolute atomic E-state index is 11.9. The van der Waals surface area contributed by atoms with Crippen molar-refractivity contribution in [1.82, 2.24) is 0 Å². The summed E-state index contributed by atoms with van der Waals surface area (Å²) in [5.41, 5.74) is 0.642. The van der Waals surface area contributed by atoms with Crippen LogP contribution in [0.1, 0.15) is 12.0 Å². The lowest BCUT2D eigenvalue weighted by Crippen LogP contribution is -2.02. The molecule has 1 aromatic carbocycles. The van der Waals surface area contributed by atoms with Crippen LogP contribution in [0.15, 0.2) is 28.0 Å². The molecule has 5 heteroatoms. The molecule has 0 amide bonds. The molecule has 0 fully saturated rings. The summed E-state index contributed by atoms with van der Waals surface area (Å²) >= 11 is 5.74. The Labute approximate surface area is 92.9 Å². The Morgan fingerprint density at radius 2 is 2.07 bits per heavy atom. The highest BCUT2D eigenvalue weighted by atomic mass is 35.5. The molecular formula is C10H9ClO3S. The first-order valence-corrected chi connectivity index (χ1v) is 6.28. The van der Waals surface area contributed by atoms with Gasteiger partial charge in [-0.1, -0.05) is 17.7 Å². The molecule has 1 heterocycles. The summed E-state index contributed by atoms with van der Waals surface area (Å²) in [7, 11) is -3.41. The third-order valence-corrected chi connectivity index (χ3v) is 4.46. The van der Waals surface area contributed by atoms with Crippen LogP contribution in [-0.2, 0) is 9.84 Å². The van der Waals surface area contributed by atoms with Crippen LogP contribution in [0.2, 0.25) is 5.02 Å². The number of halogens is 1. The van der Waals surface area contributed by atoms with E-state index in [1.807, 2.05) is 0 Å². The molecule has 0 radical (unpaired) electrons. The fraction of sp³-hybridized carbons (Fsp3) is 0.200. The molecule has 0 aliphatic carbocycles. The number of sulfone groups is 1. The quantitative estimate of drug-likeness (QED) is 0.864. The van der Waals surface area contributed by atoms with Crippen LogP contribution in [0.5, 0.6) is 0 Å². The van der Waals surface area contributed by atoms with Gasteiger partial charge < -0.3 is 5.11 Å². The molecule has 0 saturated carbocycles. The van der Waals surface area contributed by atoms with Gasteiger partial charge in [-0.25, -0.2) is 8.42 Å². The van der Waals surface area contributed by atoms with Crippen LogP contribution in [0.4, 0.5) is 0 Å². The highest BCUT2D eigenvalue weighted by Crippen LogP contribution is 2.35. The number of rotatable bonds is 2. The Kier molecular flexibility index (Phi) is 2.58. The average molecular weight is 245 g/mol. The molecule has 0 bridgehead atoms. The first-order chi connectivity index (χ1) is 7.05. The maximum Gasteiger partial charge on any atom is 0.203 e. The maximum atomic E-state index is 11.9. The van der Waals surface area contributed by atoms with Crippen LogP contribution in [0.3, 0.4) is 0 Å². The lowest BCUT2D eigenvalue weighted by molar-refractivity contribution is 0.301. The van der Waals surface area contributed by atoms with Crippen LogP contribution >= 0.6 is 11.6 Å². The van der Waals surface area contributed by atoms with E-state index in [-0.39, 0.29) is 22.8 Å². The molecule has 80 valence electrons. The Bertz CT molecular complexity index is 532. The topological polar surface area (TPSA) is 54.4 Å². The normalized spacial score (nSPS) is 17.3. The van der Waals surface area contributed by atoms with Crippen LogP contribution in [0, 0.1) is 0 Å². The SMILES string of the molecule is O=S1(=O)C(CCO)=Cc2ccc(Cl)cc21. The zero-order valence-electron chi connectivity index (χ0n) is 7.77.